The van der Waals surface area contributed by atoms with E-state index in [-0.39, 0.29) is 0 Å². The van der Waals surface area contributed by atoms with E-state index in [0.29, 0.717) is 17.8 Å². The van der Waals surface area contributed by atoms with Crippen LogP contribution in [0, 0.1) is 17.8 Å². The van der Waals surface area contributed by atoms with Gasteiger partial charge in [0.05, 0.1) is 5.60 Å². The van der Waals surface area contributed by atoms with Crippen molar-refractivity contribution in [3.8, 4) is 0 Å². The van der Waals surface area contributed by atoms with Gasteiger partial charge in [-0.15, -0.1) is 0 Å². The molecule has 4 fully saturated rings. The zero-order valence-corrected chi connectivity index (χ0v) is 11.3. The average molecular weight is 295 g/mol. The summed E-state index contributed by atoms with van der Waals surface area (Å²) in [5.74, 6) is 1.55. The summed E-state index contributed by atoms with van der Waals surface area (Å²) in [6.07, 6.45) is 5.60. The Morgan fingerprint density at radius 3 is 1.89 bits per heavy atom. The number of hydrogen-bond acceptors (Lipinski definition) is 4. The van der Waals surface area contributed by atoms with Gasteiger partial charge < -0.3 is 9.29 Å². The monoisotopic (exact) mass is 295 g/mol. The van der Waals surface area contributed by atoms with Crippen LogP contribution in [0.15, 0.2) is 0 Å². The summed E-state index contributed by atoms with van der Waals surface area (Å²) >= 11 is 0. The van der Waals surface area contributed by atoms with Crippen LogP contribution in [0.5, 0.6) is 0 Å². The van der Waals surface area contributed by atoms with E-state index in [9.17, 15) is 21.8 Å². The second-order valence-electron chi connectivity index (χ2n) is 6.48. The van der Waals surface area contributed by atoms with Gasteiger partial charge in [0.1, 0.15) is 6.61 Å². The summed E-state index contributed by atoms with van der Waals surface area (Å²) in [5.41, 5.74) is -0.608. The van der Waals surface area contributed by atoms with Crippen LogP contribution in [-0.2, 0) is 14.9 Å². The van der Waals surface area contributed by atoms with Crippen LogP contribution in [-0.4, -0.2) is 30.4 Å². The van der Waals surface area contributed by atoms with E-state index in [2.05, 4.69) is 0 Å². The minimum absolute atomic E-state index is 0.517. The smallest absolute Gasteiger partial charge is 0.357 e. The molecule has 0 aliphatic heterocycles. The summed E-state index contributed by atoms with van der Waals surface area (Å²) in [6.45, 7) is -1.30. The van der Waals surface area contributed by atoms with E-state index in [0.717, 1.165) is 38.5 Å². The lowest BCUT2D eigenvalue weighted by atomic mass is 9.54. The Hall–Kier alpha value is -0.270. The first-order valence-corrected chi connectivity index (χ1v) is 8.07. The van der Waals surface area contributed by atoms with Crippen molar-refractivity contribution in [1.29, 1.82) is 0 Å². The molecule has 4 aliphatic carbocycles. The molecule has 0 saturated heterocycles. The van der Waals surface area contributed by atoms with E-state index in [1.165, 1.54) is 0 Å². The molecule has 0 amide bonds. The van der Waals surface area contributed by atoms with Gasteiger partial charge in [-0.1, -0.05) is 0 Å². The number of halogens is 2. The van der Waals surface area contributed by atoms with Crippen LogP contribution < -0.4 is 0 Å². The molecule has 4 nitrogen and oxygen atoms in total. The van der Waals surface area contributed by atoms with Gasteiger partial charge in [0.25, 0.3) is 0 Å². The van der Waals surface area contributed by atoms with Crippen molar-refractivity contribution in [2.45, 2.75) is 49.4 Å². The van der Waals surface area contributed by atoms with Crippen molar-refractivity contribution in [1.82, 2.24) is 0 Å². The minimum Gasteiger partial charge on any atom is -0.743 e. The van der Waals surface area contributed by atoms with Crippen molar-refractivity contribution in [3.05, 3.63) is 0 Å². The lowest BCUT2D eigenvalue weighted by Gasteiger charge is -2.56. The zero-order chi connectivity index (χ0) is 13.9. The first kappa shape index (κ1) is 13.7. The first-order chi connectivity index (χ1) is 8.69. The quantitative estimate of drug-likeness (QED) is 0.745. The molecule has 0 heterocycles. The maximum absolute atomic E-state index is 13.2. The molecule has 4 bridgehead atoms. The molecular weight excluding hydrogens is 278 g/mol. The highest BCUT2D eigenvalue weighted by Gasteiger charge is 2.53. The number of alkyl halides is 2. The molecule has 19 heavy (non-hydrogen) atoms. The largest absolute Gasteiger partial charge is 0.743 e. The molecule has 0 atom stereocenters. The van der Waals surface area contributed by atoms with Crippen molar-refractivity contribution in [2.75, 3.05) is 6.61 Å². The predicted octanol–water partition coefficient (Wildman–Crippen LogP) is 2.11. The highest BCUT2D eigenvalue weighted by atomic mass is 32.2. The van der Waals surface area contributed by atoms with Crippen LogP contribution in [0.1, 0.15) is 38.5 Å². The number of hydrogen-bond donors (Lipinski definition) is 0. The Morgan fingerprint density at radius 2 is 1.53 bits per heavy atom. The first-order valence-electron chi connectivity index (χ1n) is 6.66. The van der Waals surface area contributed by atoms with Gasteiger partial charge in [0.15, 0.2) is 10.1 Å². The summed E-state index contributed by atoms with van der Waals surface area (Å²) < 4.78 is 63.1. The van der Waals surface area contributed by atoms with Crippen LogP contribution >= 0.6 is 0 Å². The normalized spacial score (nSPS) is 41.7. The van der Waals surface area contributed by atoms with Crippen LogP contribution in [0.3, 0.4) is 0 Å². The second kappa shape index (κ2) is 4.11. The Morgan fingerprint density at radius 1 is 1.11 bits per heavy atom. The fourth-order valence-electron chi connectivity index (χ4n) is 4.52. The maximum atomic E-state index is 13.2. The molecule has 110 valence electrons. The molecule has 4 saturated carbocycles. The Balaban J connectivity index is 1.70. The third kappa shape index (κ3) is 2.40. The van der Waals surface area contributed by atoms with Gasteiger partial charge in [-0.05, 0) is 56.3 Å². The number of ether oxygens (including phenoxy) is 1. The second-order valence-corrected chi connectivity index (χ2v) is 7.99. The maximum Gasteiger partial charge on any atom is 0.357 e. The molecule has 0 unspecified atom stereocenters. The van der Waals surface area contributed by atoms with Gasteiger partial charge in [0, 0.05) is 0 Å². The molecule has 0 aromatic heterocycles. The average Bonchev–Trinajstić information content (AvgIpc) is 2.23. The van der Waals surface area contributed by atoms with Gasteiger partial charge >= 0.3 is 5.25 Å². The van der Waals surface area contributed by atoms with Crippen molar-refractivity contribution in [2.24, 2.45) is 17.8 Å². The van der Waals surface area contributed by atoms with Crippen molar-refractivity contribution in [3.63, 3.8) is 0 Å². The molecule has 7 heteroatoms. The van der Waals surface area contributed by atoms with E-state index in [4.69, 9.17) is 4.74 Å². The summed E-state index contributed by atoms with van der Waals surface area (Å²) in [5, 5.41) is -4.32. The molecule has 0 spiro atoms. The van der Waals surface area contributed by atoms with Crippen molar-refractivity contribution >= 4 is 10.1 Å². The predicted molar refractivity (Wildman–Crippen MR) is 61.5 cm³/mol. The van der Waals surface area contributed by atoms with Crippen molar-refractivity contribution < 1.29 is 26.5 Å². The Kier molecular flexibility index (Phi) is 2.97. The fourth-order valence-corrected chi connectivity index (χ4v) is 4.72. The van der Waals surface area contributed by atoms with Gasteiger partial charge in [-0.25, -0.2) is 8.42 Å². The molecule has 4 aliphatic rings. The topological polar surface area (TPSA) is 66.4 Å². The third-order valence-corrected chi connectivity index (χ3v) is 5.74. The molecule has 0 aromatic rings. The minimum atomic E-state index is -5.64. The summed E-state index contributed by atoms with van der Waals surface area (Å²) in [7, 11) is -5.64. The lowest BCUT2D eigenvalue weighted by Crippen LogP contribution is -2.53. The van der Waals surface area contributed by atoms with Crippen LogP contribution in [0.2, 0.25) is 0 Å². The molecular formula is C12H17F2O4S-. The van der Waals surface area contributed by atoms with Gasteiger partial charge in [-0.3, -0.25) is 0 Å². The van der Waals surface area contributed by atoms with E-state index in [1.54, 1.807) is 0 Å². The standard InChI is InChI=1S/C12H18F2O4S/c13-12(14,19(15,16)17)7-18-11-4-8-1-9(5-11)3-10(2-8)6-11/h8-10H,1-7H2,(H,15,16,17)/p-1. The third-order valence-electron chi connectivity index (χ3n) is 4.89. The van der Waals surface area contributed by atoms with Gasteiger partial charge in [-0.2, -0.15) is 8.78 Å². The SMILES string of the molecule is O=S(=O)([O-])C(F)(F)COC12CC3CC(CC(C3)C1)C2. The molecule has 0 aromatic carbocycles. The highest BCUT2D eigenvalue weighted by molar-refractivity contribution is 7.86. The molecule has 0 N–H and O–H groups in total. The highest BCUT2D eigenvalue weighted by Crippen LogP contribution is 2.57. The Labute approximate surface area is 111 Å². The van der Waals surface area contributed by atoms with E-state index >= 15 is 0 Å². The summed E-state index contributed by atoms with van der Waals surface area (Å²) in [6, 6.07) is 0. The van der Waals surface area contributed by atoms with Gasteiger partial charge in [0.2, 0.25) is 0 Å². The number of rotatable bonds is 4. The molecule has 0 radical (unpaired) electrons. The van der Waals surface area contributed by atoms with E-state index in [1.807, 2.05) is 0 Å². The molecule has 4 rings (SSSR count). The fraction of sp³-hybridized carbons (Fsp3) is 1.00. The lowest BCUT2D eigenvalue weighted by molar-refractivity contribution is -0.185. The summed E-state index contributed by atoms with van der Waals surface area (Å²) in [4.78, 5) is 0. The zero-order valence-electron chi connectivity index (χ0n) is 10.5. The Bertz CT molecular complexity index is 439. The van der Waals surface area contributed by atoms with Crippen LogP contribution in [0.4, 0.5) is 8.78 Å². The van der Waals surface area contributed by atoms with Crippen LogP contribution in [0.25, 0.3) is 0 Å². The van der Waals surface area contributed by atoms with E-state index < -0.39 is 27.6 Å².